The van der Waals surface area contributed by atoms with E-state index in [4.69, 9.17) is 9.47 Å². The highest BCUT2D eigenvalue weighted by Crippen LogP contribution is 2.31. The lowest BCUT2D eigenvalue weighted by atomic mass is 9.78. The van der Waals surface area contributed by atoms with Gasteiger partial charge in [-0.15, -0.1) is 0 Å². The third kappa shape index (κ3) is 4.81. The monoisotopic (exact) mass is 320 g/mol. The normalized spacial score (nSPS) is 11.1. The summed E-state index contributed by atoms with van der Waals surface area (Å²) in [5.41, 5.74) is -0.742. The molecule has 0 aliphatic rings. The molecule has 4 heteroatoms. The molecule has 1 rings (SSSR count). The molecule has 0 amide bonds. The Morgan fingerprint density at radius 3 is 1.74 bits per heavy atom. The number of unbranched alkanes of at least 4 members (excludes halogenated alkanes) is 2. The van der Waals surface area contributed by atoms with Gasteiger partial charge in [-0.1, -0.05) is 63.9 Å². The first kappa shape index (κ1) is 19.2. The van der Waals surface area contributed by atoms with E-state index in [1.807, 2.05) is 39.0 Å². The molecule has 0 saturated heterocycles. The maximum Gasteiger partial charge on any atom is 0.328 e. The second-order valence-corrected chi connectivity index (χ2v) is 5.60. The van der Waals surface area contributed by atoms with E-state index in [1.54, 1.807) is 12.1 Å². The maximum atomic E-state index is 12.7. The van der Waals surface area contributed by atoms with E-state index in [0.29, 0.717) is 25.2 Å². The van der Waals surface area contributed by atoms with E-state index < -0.39 is 17.4 Å². The van der Waals surface area contributed by atoms with Crippen molar-refractivity contribution in [2.75, 3.05) is 13.2 Å². The molecular formula is C19H28O4. The molecule has 0 N–H and O–H groups in total. The van der Waals surface area contributed by atoms with Crippen LogP contribution in [-0.4, -0.2) is 25.2 Å². The summed E-state index contributed by atoms with van der Waals surface area (Å²) in [6, 6.07) is 9.06. The molecule has 128 valence electrons. The first-order chi connectivity index (χ1) is 11.1. The summed E-state index contributed by atoms with van der Waals surface area (Å²) >= 11 is 0. The number of carbonyl (C=O) groups excluding carboxylic acids is 2. The molecule has 0 radical (unpaired) electrons. The van der Waals surface area contributed by atoms with E-state index in [0.717, 1.165) is 25.7 Å². The van der Waals surface area contributed by atoms with Crippen molar-refractivity contribution in [2.24, 2.45) is 0 Å². The van der Waals surface area contributed by atoms with Crippen LogP contribution in [0.25, 0.3) is 0 Å². The number of rotatable bonds is 10. The Morgan fingerprint density at radius 2 is 1.35 bits per heavy atom. The van der Waals surface area contributed by atoms with Crippen LogP contribution in [0.5, 0.6) is 0 Å². The Bertz CT molecular complexity index is 459. The number of carbonyl (C=O) groups is 2. The van der Waals surface area contributed by atoms with Crippen molar-refractivity contribution in [2.45, 2.75) is 58.3 Å². The molecule has 4 nitrogen and oxygen atoms in total. The summed E-state index contributed by atoms with van der Waals surface area (Å²) in [7, 11) is 0. The molecule has 1 aromatic rings. The van der Waals surface area contributed by atoms with Crippen molar-refractivity contribution in [3.8, 4) is 0 Å². The van der Waals surface area contributed by atoms with Crippen LogP contribution in [0.4, 0.5) is 0 Å². The largest absolute Gasteiger partial charge is 0.465 e. The van der Waals surface area contributed by atoms with Crippen molar-refractivity contribution in [1.29, 1.82) is 0 Å². The molecule has 0 aliphatic carbocycles. The lowest BCUT2D eigenvalue weighted by Gasteiger charge is -2.28. The fourth-order valence-electron chi connectivity index (χ4n) is 2.40. The number of benzene rings is 1. The summed E-state index contributed by atoms with van der Waals surface area (Å²) in [5.74, 6) is -1.03. The highest BCUT2D eigenvalue weighted by molar-refractivity contribution is 6.06. The summed E-state index contributed by atoms with van der Waals surface area (Å²) < 4.78 is 10.8. The third-order valence-corrected chi connectivity index (χ3v) is 3.96. The van der Waals surface area contributed by atoms with Gasteiger partial charge in [0.25, 0.3) is 0 Å². The predicted octanol–water partition coefficient (Wildman–Crippen LogP) is 4.02. The van der Waals surface area contributed by atoms with Crippen LogP contribution in [0.3, 0.4) is 0 Å². The van der Waals surface area contributed by atoms with E-state index >= 15 is 0 Å². The maximum absolute atomic E-state index is 12.7. The Morgan fingerprint density at radius 1 is 0.870 bits per heavy atom. The predicted molar refractivity (Wildman–Crippen MR) is 90.1 cm³/mol. The number of ether oxygens (including phenoxy) is 2. The quantitative estimate of drug-likeness (QED) is 0.371. The third-order valence-electron chi connectivity index (χ3n) is 3.96. The second kappa shape index (κ2) is 10.0. The minimum atomic E-state index is -1.37. The van der Waals surface area contributed by atoms with Crippen molar-refractivity contribution >= 4 is 11.9 Å². The zero-order valence-corrected chi connectivity index (χ0v) is 14.5. The molecule has 0 saturated carbocycles. The SMILES string of the molecule is CCCCOC(=O)C(CC)(C(=O)OCCCC)c1ccccc1. The van der Waals surface area contributed by atoms with Crippen molar-refractivity contribution in [3.63, 3.8) is 0 Å². The van der Waals surface area contributed by atoms with Crippen LogP contribution in [0.1, 0.15) is 58.4 Å². The summed E-state index contributed by atoms with van der Waals surface area (Å²) in [4.78, 5) is 25.4. The van der Waals surface area contributed by atoms with Gasteiger partial charge in [0.15, 0.2) is 5.41 Å². The Kier molecular flexibility index (Phi) is 8.38. The molecule has 0 heterocycles. The highest BCUT2D eigenvalue weighted by Gasteiger charge is 2.49. The zero-order chi connectivity index (χ0) is 17.1. The molecule has 0 unspecified atom stereocenters. The van der Waals surface area contributed by atoms with Crippen LogP contribution in [0.15, 0.2) is 30.3 Å². The van der Waals surface area contributed by atoms with Gasteiger partial charge < -0.3 is 9.47 Å². The molecule has 0 fully saturated rings. The second-order valence-electron chi connectivity index (χ2n) is 5.60. The number of esters is 2. The van der Waals surface area contributed by atoms with Crippen molar-refractivity contribution < 1.29 is 19.1 Å². The lowest BCUT2D eigenvalue weighted by molar-refractivity contribution is -0.165. The van der Waals surface area contributed by atoms with Crippen molar-refractivity contribution in [1.82, 2.24) is 0 Å². The minimum absolute atomic E-state index is 0.312. The molecule has 0 bridgehead atoms. The summed E-state index contributed by atoms with van der Waals surface area (Å²) in [6.45, 7) is 6.52. The molecule has 23 heavy (non-hydrogen) atoms. The molecule has 0 aliphatic heterocycles. The van der Waals surface area contributed by atoms with E-state index in [1.165, 1.54) is 0 Å². The topological polar surface area (TPSA) is 52.6 Å². The van der Waals surface area contributed by atoms with Gasteiger partial charge in [0.05, 0.1) is 13.2 Å². The van der Waals surface area contributed by atoms with Crippen molar-refractivity contribution in [3.05, 3.63) is 35.9 Å². The lowest BCUT2D eigenvalue weighted by Crippen LogP contribution is -2.46. The van der Waals surface area contributed by atoms with E-state index in [2.05, 4.69) is 0 Å². The van der Waals surface area contributed by atoms with Crippen LogP contribution in [-0.2, 0) is 24.5 Å². The van der Waals surface area contributed by atoms with Gasteiger partial charge in [-0.05, 0) is 24.8 Å². The molecule has 0 atom stereocenters. The van der Waals surface area contributed by atoms with E-state index in [9.17, 15) is 9.59 Å². The van der Waals surface area contributed by atoms with E-state index in [-0.39, 0.29) is 0 Å². The number of hydrogen-bond acceptors (Lipinski definition) is 4. The van der Waals surface area contributed by atoms with Crippen LogP contribution >= 0.6 is 0 Å². The fraction of sp³-hybridized carbons (Fsp3) is 0.579. The van der Waals surface area contributed by atoms with Gasteiger partial charge in [0.2, 0.25) is 0 Å². The van der Waals surface area contributed by atoms with Gasteiger partial charge in [-0.25, -0.2) is 0 Å². The molecule has 1 aromatic carbocycles. The minimum Gasteiger partial charge on any atom is -0.465 e. The van der Waals surface area contributed by atoms with Crippen LogP contribution in [0, 0.1) is 0 Å². The molecular weight excluding hydrogens is 292 g/mol. The van der Waals surface area contributed by atoms with Crippen LogP contribution < -0.4 is 0 Å². The van der Waals surface area contributed by atoms with Gasteiger partial charge in [-0.3, -0.25) is 9.59 Å². The van der Waals surface area contributed by atoms with Gasteiger partial charge in [0.1, 0.15) is 0 Å². The first-order valence-corrected chi connectivity index (χ1v) is 8.53. The highest BCUT2D eigenvalue weighted by atomic mass is 16.6. The van der Waals surface area contributed by atoms with Crippen LogP contribution in [0.2, 0.25) is 0 Å². The Balaban J connectivity index is 3.07. The van der Waals surface area contributed by atoms with Gasteiger partial charge in [-0.2, -0.15) is 0 Å². The summed E-state index contributed by atoms with van der Waals surface area (Å²) in [6.07, 6.45) is 3.74. The average molecular weight is 320 g/mol. The average Bonchev–Trinajstić information content (AvgIpc) is 2.57. The molecule has 0 aromatic heterocycles. The zero-order valence-electron chi connectivity index (χ0n) is 14.5. The standard InChI is InChI=1S/C19H28O4/c1-4-7-14-22-17(20)19(6-3,16-12-10-9-11-13-16)18(21)23-15-8-5-2/h9-13H,4-8,14-15H2,1-3H3. The summed E-state index contributed by atoms with van der Waals surface area (Å²) in [5, 5.41) is 0. The Labute approximate surface area is 139 Å². The first-order valence-electron chi connectivity index (χ1n) is 8.53. The van der Waals surface area contributed by atoms with Gasteiger partial charge in [0, 0.05) is 0 Å². The smallest absolute Gasteiger partial charge is 0.328 e. The molecule has 0 spiro atoms. The van der Waals surface area contributed by atoms with Gasteiger partial charge >= 0.3 is 11.9 Å². The fourth-order valence-corrected chi connectivity index (χ4v) is 2.40. The number of hydrogen-bond donors (Lipinski definition) is 0. The Hall–Kier alpha value is -1.84.